The van der Waals surface area contributed by atoms with Crippen molar-refractivity contribution in [2.45, 2.75) is 20.5 Å². The summed E-state index contributed by atoms with van der Waals surface area (Å²) in [6.45, 7) is 4.74. The van der Waals surface area contributed by atoms with E-state index < -0.39 is 11.9 Å². The first-order valence-electron chi connectivity index (χ1n) is 10.6. The maximum absolute atomic E-state index is 13.0. The zero-order valence-corrected chi connectivity index (χ0v) is 20.9. The van der Waals surface area contributed by atoms with Crippen molar-refractivity contribution in [2.75, 3.05) is 11.5 Å². The van der Waals surface area contributed by atoms with Gasteiger partial charge in [-0.05, 0) is 61.4 Å². The van der Waals surface area contributed by atoms with Crippen LogP contribution in [0.25, 0.3) is 6.08 Å². The highest BCUT2D eigenvalue weighted by Gasteiger charge is 2.35. The molecule has 1 fully saturated rings. The summed E-state index contributed by atoms with van der Waals surface area (Å²) >= 11 is 9.57. The summed E-state index contributed by atoms with van der Waals surface area (Å²) in [7, 11) is 0. The third kappa shape index (κ3) is 5.26. The minimum atomic E-state index is -0.544. The molecule has 3 aromatic rings. The monoisotopic (exact) mass is 540 g/mol. The van der Waals surface area contributed by atoms with Crippen LogP contribution in [0.5, 0.6) is 11.5 Å². The lowest BCUT2D eigenvalue weighted by Gasteiger charge is -2.14. The van der Waals surface area contributed by atoms with Gasteiger partial charge in [0.1, 0.15) is 12.3 Å². The number of urea groups is 1. The third-order valence-electron chi connectivity index (χ3n) is 5.08. The minimum absolute atomic E-state index is 0.140. The van der Waals surface area contributed by atoms with Gasteiger partial charge >= 0.3 is 6.03 Å². The molecule has 0 aromatic heterocycles. The van der Waals surface area contributed by atoms with Gasteiger partial charge in [0.2, 0.25) is 0 Å². The third-order valence-corrected chi connectivity index (χ3v) is 6.01. The molecule has 1 saturated heterocycles. The lowest BCUT2D eigenvalue weighted by Crippen LogP contribution is -2.30. The molecule has 1 aliphatic heterocycles. The SMILES string of the molecule is CCOc1cc(/C=C2/NC(=O)N(c3cccc(Cl)c3)C2=O)c(Br)cc1OCc1cccc(C)c1. The number of hydrogen-bond acceptors (Lipinski definition) is 4. The minimum Gasteiger partial charge on any atom is -0.490 e. The summed E-state index contributed by atoms with van der Waals surface area (Å²) in [5, 5.41) is 3.06. The second kappa shape index (κ2) is 10.3. The number of halogens is 2. The van der Waals surface area contributed by atoms with Crippen molar-refractivity contribution in [3.8, 4) is 11.5 Å². The van der Waals surface area contributed by atoms with Gasteiger partial charge in [-0.3, -0.25) is 4.79 Å². The van der Waals surface area contributed by atoms with E-state index in [1.807, 2.05) is 32.0 Å². The molecule has 3 amide bonds. The quantitative estimate of drug-likeness (QED) is 0.274. The maximum Gasteiger partial charge on any atom is 0.333 e. The number of anilines is 1. The van der Waals surface area contributed by atoms with Crippen molar-refractivity contribution in [3.63, 3.8) is 0 Å². The molecule has 1 heterocycles. The molecule has 0 saturated carbocycles. The number of ether oxygens (including phenoxy) is 2. The van der Waals surface area contributed by atoms with Gasteiger partial charge in [-0.2, -0.15) is 0 Å². The number of aryl methyl sites for hydroxylation is 1. The Morgan fingerprint density at radius 3 is 2.53 bits per heavy atom. The molecule has 0 unspecified atom stereocenters. The van der Waals surface area contributed by atoms with Crippen molar-refractivity contribution in [2.24, 2.45) is 0 Å². The molecular weight excluding hydrogens is 520 g/mol. The molecule has 6 nitrogen and oxygen atoms in total. The first kappa shape index (κ1) is 23.9. The smallest absolute Gasteiger partial charge is 0.333 e. The number of hydrogen-bond donors (Lipinski definition) is 1. The molecule has 3 aromatic carbocycles. The molecule has 8 heteroatoms. The van der Waals surface area contributed by atoms with E-state index in [1.54, 1.807) is 42.5 Å². The number of carbonyl (C=O) groups excluding carboxylic acids is 2. The molecule has 0 aliphatic carbocycles. The average Bonchev–Trinajstić information content (AvgIpc) is 3.07. The molecule has 0 radical (unpaired) electrons. The normalized spacial score (nSPS) is 14.5. The molecule has 1 aliphatic rings. The largest absolute Gasteiger partial charge is 0.490 e. The highest BCUT2D eigenvalue weighted by atomic mass is 79.9. The molecule has 1 N–H and O–H groups in total. The Balaban J connectivity index is 1.61. The van der Waals surface area contributed by atoms with E-state index in [-0.39, 0.29) is 5.70 Å². The average molecular weight is 542 g/mol. The van der Waals surface area contributed by atoms with Gasteiger partial charge < -0.3 is 14.8 Å². The van der Waals surface area contributed by atoms with Crippen LogP contribution in [-0.4, -0.2) is 18.5 Å². The summed E-state index contributed by atoms with van der Waals surface area (Å²) in [5.74, 6) is 0.630. The zero-order valence-electron chi connectivity index (χ0n) is 18.6. The predicted molar refractivity (Wildman–Crippen MR) is 136 cm³/mol. The number of nitrogens with one attached hydrogen (secondary N) is 1. The van der Waals surface area contributed by atoms with Gasteiger partial charge in [-0.15, -0.1) is 0 Å². The Hall–Kier alpha value is -3.29. The summed E-state index contributed by atoms with van der Waals surface area (Å²) in [5.41, 5.74) is 3.39. The van der Waals surface area contributed by atoms with Crippen LogP contribution in [0.2, 0.25) is 5.02 Å². The summed E-state index contributed by atoms with van der Waals surface area (Å²) in [6.07, 6.45) is 1.60. The Labute approximate surface area is 211 Å². The lowest BCUT2D eigenvalue weighted by molar-refractivity contribution is -0.113. The van der Waals surface area contributed by atoms with Gasteiger partial charge in [-0.25, -0.2) is 9.69 Å². The van der Waals surface area contributed by atoms with Crippen LogP contribution in [0.4, 0.5) is 10.5 Å². The number of benzene rings is 3. The van der Waals surface area contributed by atoms with E-state index in [4.69, 9.17) is 21.1 Å². The first-order valence-corrected chi connectivity index (χ1v) is 11.8. The Morgan fingerprint density at radius 1 is 1.03 bits per heavy atom. The Kier molecular flexibility index (Phi) is 7.24. The predicted octanol–water partition coefficient (Wildman–Crippen LogP) is 6.49. The lowest BCUT2D eigenvalue weighted by atomic mass is 10.1. The zero-order chi connectivity index (χ0) is 24.2. The van der Waals surface area contributed by atoms with Gasteiger partial charge in [0.25, 0.3) is 5.91 Å². The van der Waals surface area contributed by atoms with Crippen LogP contribution in [0, 0.1) is 6.92 Å². The second-order valence-electron chi connectivity index (χ2n) is 7.64. The molecule has 0 bridgehead atoms. The van der Waals surface area contributed by atoms with E-state index in [9.17, 15) is 9.59 Å². The van der Waals surface area contributed by atoms with Crippen LogP contribution < -0.4 is 19.7 Å². The van der Waals surface area contributed by atoms with E-state index in [0.29, 0.717) is 45.5 Å². The topological polar surface area (TPSA) is 67.9 Å². The molecule has 0 atom stereocenters. The van der Waals surface area contributed by atoms with Crippen molar-refractivity contribution in [1.29, 1.82) is 0 Å². The molecule has 34 heavy (non-hydrogen) atoms. The number of amides is 3. The van der Waals surface area contributed by atoms with Crippen LogP contribution in [0.3, 0.4) is 0 Å². The summed E-state index contributed by atoms with van der Waals surface area (Å²) in [6, 6.07) is 17.7. The number of imide groups is 1. The second-order valence-corrected chi connectivity index (χ2v) is 8.93. The van der Waals surface area contributed by atoms with Crippen molar-refractivity contribution in [1.82, 2.24) is 5.32 Å². The fraction of sp³-hybridized carbons (Fsp3) is 0.154. The van der Waals surface area contributed by atoms with Crippen LogP contribution >= 0.6 is 27.5 Å². The molecule has 0 spiro atoms. The number of rotatable bonds is 7. The van der Waals surface area contributed by atoms with E-state index in [1.165, 1.54) is 0 Å². The summed E-state index contributed by atoms with van der Waals surface area (Å²) in [4.78, 5) is 26.5. The van der Waals surface area contributed by atoms with Crippen LogP contribution in [0.15, 0.2) is 70.8 Å². The van der Waals surface area contributed by atoms with E-state index in [2.05, 4.69) is 27.3 Å². The maximum atomic E-state index is 13.0. The van der Waals surface area contributed by atoms with Crippen LogP contribution in [-0.2, 0) is 11.4 Å². The molecule has 4 rings (SSSR count). The van der Waals surface area contributed by atoms with E-state index >= 15 is 0 Å². The first-order chi connectivity index (χ1) is 16.4. The highest BCUT2D eigenvalue weighted by molar-refractivity contribution is 9.10. The van der Waals surface area contributed by atoms with Crippen LogP contribution in [0.1, 0.15) is 23.6 Å². The van der Waals surface area contributed by atoms with E-state index in [0.717, 1.165) is 16.0 Å². The van der Waals surface area contributed by atoms with Crippen molar-refractivity contribution in [3.05, 3.63) is 92.5 Å². The van der Waals surface area contributed by atoms with Gasteiger partial charge in [0.15, 0.2) is 11.5 Å². The summed E-state index contributed by atoms with van der Waals surface area (Å²) < 4.78 is 12.5. The molecule has 174 valence electrons. The number of nitrogens with zero attached hydrogens (tertiary/aromatic N) is 1. The number of carbonyl (C=O) groups is 2. The van der Waals surface area contributed by atoms with Gasteiger partial charge in [0, 0.05) is 9.50 Å². The standard InChI is InChI=1S/C26H22BrClN2O4/c1-3-33-23-12-18(21(27)14-24(23)34-15-17-7-4-6-16(2)10-17)11-22-25(31)30(26(32)29-22)20-9-5-8-19(28)13-20/h4-14H,3,15H2,1-2H3,(H,29,32)/b22-11+. The van der Waals surface area contributed by atoms with Crippen molar-refractivity contribution >= 4 is 51.2 Å². The Bertz CT molecular complexity index is 1290. The fourth-order valence-corrected chi connectivity index (χ4v) is 4.17. The highest BCUT2D eigenvalue weighted by Crippen LogP contribution is 2.36. The Morgan fingerprint density at radius 2 is 1.79 bits per heavy atom. The van der Waals surface area contributed by atoms with Crippen molar-refractivity contribution < 1.29 is 19.1 Å². The fourth-order valence-electron chi connectivity index (χ4n) is 3.55. The molecular formula is C26H22BrClN2O4. The van der Waals surface area contributed by atoms with Gasteiger partial charge in [-0.1, -0.05) is 63.4 Å². The van der Waals surface area contributed by atoms with Gasteiger partial charge in [0.05, 0.1) is 12.3 Å².